The van der Waals surface area contributed by atoms with Gasteiger partial charge < -0.3 is 10.2 Å². The molecular weight excluding hydrogens is 286 g/mol. The molecule has 0 aromatic carbocycles. The summed E-state index contributed by atoms with van der Waals surface area (Å²) in [4.78, 5) is 17.7. The molecule has 7 nitrogen and oxygen atoms in total. The summed E-state index contributed by atoms with van der Waals surface area (Å²) >= 11 is 0. The third-order valence-corrected chi connectivity index (χ3v) is 3.74. The van der Waals surface area contributed by atoms with Crippen molar-refractivity contribution >= 4 is 11.7 Å². The van der Waals surface area contributed by atoms with E-state index >= 15 is 0 Å². The average Bonchev–Trinajstić information content (AvgIpc) is 3.22. The fourth-order valence-corrected chi connectivity index (χ4v) is 2.58. The van der Waals surface area contributed by atoms with E-state index in [1.54, 1.807) is 0 Å². The zero-order valence-corrected chi connectivity index (χ0v) is 12.3. The first-order chi connectivity index (χ1) is 10.7. The molecule has 0 atom stereocenters. The minimum Gasteiger partial charge on any atom is -0.492 e. The van der Waals surface area contributed by atoms with Crippen LogP contribution in [0.1, 0.15) is 44.9 Å². The Labute approximate surface area is 128 Å². The first kappa shape index (κ1) is 14.5. The highest BCUT2D eigenvalue weighted by Crippen LogP contribution is 2.19. The van der Waals surface area contributed by atoms with Gasteiger partial charge in [0.25, 0.3) is 0 Å². The number of hydrogen-bond donors (Lipinski definition) is 3. The van der Waals surface area contributed by atoms with Crippen molar-refractivity contribution in [1.82, 2.24) is 4.73 Å². The van der Waals surface area contributed by atoms with Gasteiger partial charge in [0.15, 0.2) is 0 Å². The van der Waals surface area contributed by atoms with Crippen LogP contribution in [0.4, 0.5) is 0 Å². The van der Waals surface area contributed by atoms with E-state index < -0.39 is 0 Å². The van der Waals surface area contributed by atoms with E-state index in [2.05, 4.69) is 16.1 Å². The highest BCUT2D eigenvalue weighted by Gasteiger charge is 2.21. The Bertz CT molecular complexity index is 603. The Morgan fingerprint density at radius 3 is 2.45 bits per heavy atom. The van der Waals surface area contributed by atoms with Gasteiger partial charge in [0.05, 0.1) is 0 Å². The Morgan fingerprint density at radius 2 is 1.82 bits per heavy atom. The van der Waals surface area contributed by atoms with Crippen LogP contribution in [0.15, 0.2) is 28.9 Å². The summed E-state index contributed by atoms with van der Waals surface area (Å²) in [6.07, 6.45) is 9.35. The smallest absolute Gasteiger partial charge is 0.492 e. The van der Waals surface area contributed by atoms with Crippen LogP contribution >= 0.6 is 0 Å². The number of rotatable bonds is 3. The van der Waals surface area contributed by atoms with E-state index in [1.165, 1.54) is 12.1 Å². The van der Waals surface area contributed by atoms with Crippen LogP contribution in [0.3, 0.4) is 0 Å². The summed E-state index contributed by atoms with van der Waals surface area (Å²) in [5, 5.41) is 19.1. The normalized spacial score (nSPS) is 18.5. The van der Waals surface area contributed by atoms with Gasteiger partial charge in [-0.3, -0.25) is 0 Å². The summed E-state index contributed by atoms with van der Waals surface area (Å²) in [7, 11) is 0. The lowest BCUT2D eigenvalue weighted by Crippen LogP contribution is -2.71. The zero-order chi connectivity index (χ0) is 15.4. The second-order valence-corrected chi connectivity index (χ2v) is 5.44. The topological polar surface area (TPSA) is 90.2 Å². The van der Waals surface area contributed by atoms with Crippen molar-refractivity contribution in [3.05, 3.63) is 23.9 Å². The lowest BCUT2D eigenvalue weighted by Gasteiger charge is -2.03. The van der Waals surface area contributed by atoms with Crippen molar-refractivity contribution in [2.24, 2.45) is 4.99 Å². The molecule has 0 spiro atoms. The molecular formula is C15H20N3O4+. The van der Waals surface area contributed by atoms with E-state index in [1.807, 2.05) is 0 Å². The molecule has 3 N–H and O–H groups in total. The minimum atomic E-state index is -0.259. The monoisotopic (exact) mass is 306 g/mol. The second-order valence-electron chi connectivity index (χ2n) is 5.44. The maximum atomic E-state index is 9.53. The number of aromatic nitrogens is 1. The fraction of sp³-hybridized carbons (Fsp3) is 0.467. The van der Waals surface area contributed by atoms with Gasteiger partial charge in [0, 0.05) is 31.4 Å². The third kappa shape index (κ3) is 3.41. The van der Waals surface area contributed by atoms with E-state index in [0.29, 0.717) is 0 Å². The molecule has 0 saturated heterocycles. The second kappa shape index (κ2) is 6.55. The Morgan fingerprint density at radius 1 is 1.09 bits per heavy atom. The molecule has 0 unspecified atom stereocenters. The van der Waals surface area contributed by atoms with Gasteiger partial charge in [0.2, 0.25) is 11.8 Å². The third-order valence-electron chi connectivity index (χ3n) is 3.74. The fourth-order valence-electron chi connectivity index (χ4n) is 2.58. The number of aromatic hydroxyl groups is 2. The van der Waals surface area contributed by atoms with Crippen LogP contribution in [-0.4, -0.2) is 26.7 Å². The van der Waals surface area contributed by atoms with Crippen molar-refractivity contribution in [3.63, 3.8) is 0 Å². The Hall–Kier alpha value is -2.44. The highest BCUT2D eigenvalue weighted by molar-refractivity contribution is 5.94. The lowest BCUT2D eigenvalue weighted by molar-refractivity contribution is -0.431. The van der Waals surface area contributed by atoms with Gasteiger partial charge in [-0.2, -0.15) is 9.88 Å². The van der Waals surface area contributed by atoms with Gasteiger partial charge in [-0.25, -0.2) is 4.99 Å². The molecule has 2 aliphatic rings. The first-order valence-corrected chi connectivity index (χ1v) is 7.56. The van der Waals surface area contributed by atoms with Gasteiger partial charge in [-0.1, -0.05) is 4.73 Å². The van der Waals surface area contributed by atoms with Gasteiger partial charge in [-0.05, 0) is 36.8 Å². The molecule has 1 saturated carbocycles. The standard InChI is InChI=1S/C15H19N3O4/c19-13-9-10-14(20)18(13)22-21-15(16-11-5-1-2-6-11)17-12-7-3-4-8-12/h5,9-10,19-20H,1-4,6-8H2/p+1. The predicted octanol–water partition coefficient (Wildman–Crippen LogP) is 0.779. The molecule has 2 aliphatic carbocycles. The lowest BCUT2D eigenvalue weighted by atomic mass is 10.3. The van der Waals surface area contributed by atoms with E-state index in [4.69, 9.17) is 9.88 Å². The van der Waals surface area contributed by atoms with Crippen LogP contribution < -0.4 is 9.98 Å². The van der Waals surface area contributed by atoms with Crippen molar-refractivity contribution in [3.8, 4) is 11.8 Å². The van der Waals surface area contributed by atoms with Gasteiger partial charge >= 0.3 is 6.02 Å². The Balaban J connectivity index is 1.74. The molecule has 118 valence electrons. The summed E-state index contributed by atoms with van der Waals surface area (Å²) in [6.45, 7) is 0. The number of aliphatic imine (C=N–C) groups is 1. The molecule has 1 aromatic heterocycles. The average molecular weight is 306 g/mol. The van der Waals surface area contributed by atoms with Crippen LogP contribution in [0, 0.1) is 0 Å². The van der Waals surface area contributed by atoms with E-state index in [-0.39, 0.29) is 17.8 Å². The van der Waals surface area contributed by atoms with E-state index in [9.17, 15) is 10.2 Å². The number of nitrogens with zero attached hydrogens (tertiary/aromatic N) is 2. The molecule has 22 heavy (non-hydrogen) atoms. The summed E-state index contributed by atoms with van der Waals surface area (Å²) in [5.74, 6) is -0.518. The highest BCUT2D eigenvalue weighted by atomic mass is 17.3. The van der Waals surface area contributed by atoms with Crippen LogP contribution in [-0.2, 0) is 4.89 Å². The minimum absolute atomic E-state index is 0.220. The quantitative estimate of drug-likeness (QED) is 0.333. The van der Waals surface area contributed by atoms with Gasteiger partial charge in [-0.15, -0.1) is 0 Å². The summed E-state index contributed by atoms with van der Waals surface area (Å²) in [5.41, 5.74) is 2.10. The summed E-state index contributed by atoms with van der Waals surface area (Å²) in [6, 6.07) is 2.82. The number of allylic oxidation sites excluding steroid dienone is 2. The van der Waals surface area contributed by atoms with Crippen LogP contribution in [0.5, 0.6) is 11.8 Å². The molecule has 0 aliphatic heterocycles. The van der Waals surface area contributed by atoms with Gasteiger partial charge in [0.1, 0.15) is 11.4 Å². The molecule has 3 rings (SSSR count). The van der Waals surface area contributed by atoms with Crippen molar-refractivity contribution < 1.29 is 25.1 Å². The molecule has 1 fully saturated rings. The molecule has 0 radical (unpaired) electrons. The number of hydrogen-bond acceptors (Lipinski definition) is 4. The molecule has 0 bridgehead atoms. The maximum Gasteiger partial charge on any atom is 0.539 e. The van der Waals surface area contributed by atoms with Crippen LogP contribution in [0.2, 0.25) is 0 Å². The molecule has 0 amide bonds. The SMILES string of the molecule is Oc1ccc(O)n1OOC(N=C1CCCC1)=[NH+]C1=CCCC1. The number of amidine groups is 1. The molecule has 7 heteroatoms. The van der Waals surface area contributed by atoms with E-state index in [0.717, 1.165) is 61.1 Å². The van der Waals surface area contributed by atoms with Crippen molar-refractivity contribution in [2.45, 2.75) is 44.9 Å². The zero-order valence-electron chi connectivity index (χ0n) is 12.3. The maximum absolute atomic E-state index is 9.53. The van der Waals surface area contributed by atoms with Crippen molar-refractivity contribution in [1.29, 1.82) is 0 Å². The summed E-state index contributed by atoms with van der Waals surface area (Å²) < 4.78 is 0.777. The van der Waals surface area contributed by atoms with Crippen LogP contribution in [0.25, 0.3) is 0 Å². The first-order valence-electron chi connectivity index (χ1n) is 7.56. The molecule has 1 aromatic rings. The molecule has 1 heterocycles. The van der Waals surface area contributed by atoms with Crippen molar-refractivity contribution in [2.75, 3.05) is 0 Å². The Kier molecular flexibility index (Phi) is 4.32. The number of nitrogens with one attached hydrogen (secondary N) is 1. The largest absolute Gasteiger partial charge is 0.539 e. The predicted molar refractivity (Wildman–Crippen MR) is 79.2 cm³/mol.